The molecule has 4 aliphatic rings. The number of nitrogens with two attached hydrogens (primary N) is 1. The molecular formula is C33H44N10O3S. The third-order valence-corrected chi connectivity index (χ3v) is 11.1. The number of anilines is 3. The molecule has 3 fully saturated rings. The van der Waals surface area contributed by atoms with Gasteiger partial charge in [-0.2, -0.15) is 15.2 Å². The number of amides is 1. The van der Waals surface area contributed by atoms with E-state index in [1.165, 1.54) is 11.3 Å². The number of likely N-dealkylation sites (N-methyl/N-ethyl adjacent to an activating group) is 1. The third-order valence-electron chi connectivity index (χ3n) is 10.1. The zero-order valence-electron chi connectivity index (χ0n) is 28.1. The van der Waals surface area contributed by atoms with Gasteiger partial charge in [0, 0.05) is 61.2 Å². The Hall–Kier alpha value is -3.96. The highest BCUT2D eigenvalue weighted by Gasteiger charge is 2.49. The molecule has 0 spiro atoms. The van der Waals surface area contributed by atoms with Gasteiger partial charge in [0.25, 0.3) is 0 Å². The molecule has 1 amide bonds. The Morgan fingerprint density at radius 3 is 2.72 bits per heavy atom. The van der Waals surface area contributed by atoms with Crippen LogP contribution >= 0.6 is 11.3 Å². The summed E-state index contributed by atoms with van der Waals surface area (Å²) in [6.07, 6.45) is 3.32. The lowest BCUT2D eigenvalue weighted by Gasteiger charge is -2.44. The second-order valence-corrected chi connectivity index (χ2v) is 15.9. The van der Waals surface area contributed by atoms with E-state index >= 15 is 0 Å². The van der Waals surface area contributed by atoms with Crippen molar-refractivity contribution in [1.82, 2.24) is 29.9 Å². The monoisotopic (exact) mass is 660 g/mol. The molecule has 13 nitrogen and oxygen atoms in total. The summed E-state index contributed by atoms with van der Waals surface area (Å²) in [5.41, 5.74) is 7.12. The van der Waals surface area contributed by atoms with Crippen molar-refractivity contribution in [3.8, 4) is 17.6 Å². The fourth-order valence-electron chi connectivity index (χ4n) is 7.72. The molecule has 0 aromatic carbocycles. The normalized spacial score (nSPS) is 26.3. The summed E-state index contributed by atoms with van der Waals surface area (Å²) in [4.78, 5) is 37.8. The standard InChI is InChI=1S/C33H44N10O3S/c1-19-15-40(6)11-8-12-42(19)30-36-22(13-25(37-30)43-17-20-16-41(18-23(20)43)31(44)45-32(2,3)4)28-38-29(46-39-28)33(5)10-7-9-24-26(33)21(14-34)27(35)47-24/h13,19-20,23H,7-12,15-18,35H2,1-6H3/t19-,20+,23+,33-/m0/s1. The molecule has 0 saturated carbocycles. The molecule has 250 valence electrons. The lowest BCUT2D eigenvalue weighted by Crippen LogP contribution is -2.56. The summed E-state index contributed by atoms with van der Waals surface area (Å²) in [5.74, 6) is 2.62. The van der Waals surface area contributed by atoms with Crippen LogP contribution in [-0.2, 0) is 16.6 Å². The van der Waals surface area contributed by atoms with Gasteiger partial charge in [0.2, 0.25) is 17.7 Å². The van der Waals surface area contributed by atoms with Crippen molar-refractivity contribution in [2.45, 2.75) is 83.4 Å². The highest BCUT2D eigenvalue weighted by molar-refractivity contribution is 7.16. The third kappa shape index (κ3) is 5.67. The van der Waals surface area contributed by atoms with Crippen LogP contribution in [0.15, 0.2) is 10.6 Å². The molecule has 7 rings (SSSR count). The van der Waals surface area contributed by atoms with Crippen LogP contribution in [0.3, 0.4) is 0 Å². The molecule has 2 N–H and O–H groups in total. The minimum Gasteiger partial charge on any atom is -0.444 e. The van der Waals surface area contributed by atoms with Crippen molar-refractivity contribution < 1.29 is 14.1 Å². The Morgan fingerprint density at radius 2 is 1.96 bits per heavy atom. The molecule has 0 radical (unpaired) electrons. The summed E-state index contributed by atoms with van der Waals surface area (Å²) in [6.45, 7) is 14.7. The molecule has 3 saturated heterocycles. The first kappa shape index (κ1) is 31.6. The first-order valence-electron chi connectivity index (χ1n) is 16.6. The smallest absolute Gasteiger partial charge is 0.410 e. The number of aryl methyl sites for hydroxylation is 1. The summed E-state index contributed by atoms with van der Waals surface area (Å²) < 4.78 is 11.7. The van der Waals surface area contributed by atoms with Gasteiger partial charge in [-0.1, -0.05) is 5.16 Å². The Kier molecular flexibility index (Phi) is 7.82. The summed E-state index contributed by atoms with van der Waals surface area (Å²) in [6, 6.07) is 4.61. The topological polar surface area (TPSA) is 154 Å². The van der Waals surface area contributed by atoms with Crippen LogP contribution in [0.5, 0.6) is 0 Å². The van der Waals surface area contributed by atoms with Gasteiger partial charge in [-0.3, -0.25) is 0 Å². The molecule has 14 heteroatoms. The average Bonchev–Trinajstić information content (AvgIpc) is 3.68. The van der Waals surface area contributed by atoms with Gasteiger partial charge in [-0.05, 0) is 73.9 Å². The second kappa shape index (κ2) is 11.6. The van der Waals surface area contributed by atoms with Crippen LogP contribution in [0.25, 0.3) is 11.5 Å². The van der Waals surface area contributed by atoms with E-state index in [1.807, 2.05) is 31.7 Å². The maximum atomic E-state index is 12.9. The molecule has 3 aromatic heterocycles. The zero-order valence-corrected chi connectivity index (χ0v) is 28.9. The number of ether oxygens (including phenoxy) is 1. The number of hydrogen-bond acceptors (Lipinski definition) is 13. The number of carbonyl (C=O) groups excluding carboxylic acids is 1. The number of rotatable bonds is 4. The van der Waals surface area contributed by atoms with Gasteiger partial charge in [-0.25, -0.2) is 9.78 Å². The van der Waals surface area contributed by atoms with E-state index < -0.39 is 11.0 Å². The van der Waals surface area contributed by atoms with E-state index in [0.717, 1.165) is 68.1 Å². The number of fused-ring (bicyclic) bond motifs is 2. The fraction of sp³-hybridized carbons (Fsp3) is 0.636. The van der Waals surface area contributed by atoms with Crippen LogP contribution in [0.4, 0.5) is 21.6 Å². The van der Waals surface area contributed by atoms with Gasteiger partial charge in [0.1, 0.15) is 28.2 Å². The number of thiophene rings is 1. The van der Waals surface area contributed by atoms with Crippen LogP contribution < -0.4 is 15.5 Å². The predicted molar refractivity (Wildman–Crippen MR) is 180 cm³/mol. The SMILES string of the molecule is C[C@H]1CN(C)CCCN1c1nc(-c2noc([C@@]3(C)CCCc4sc(N)c(C#N)c43)n2)cc(N2C[C@H]3CN(C(=O)OC(C)(C)C)C[C@H]32)n1. The van der Waals surface area contributed by atoms with Gasteiger partial charge < -0.3 is 34.6 Å². The molecule has 47 heavy (non-hydrogen) atoms. The molecule has 4 atom stereocenters. The van der Waals surface area contributed by atoms with Gasteiger partial charge in [-0.15, -0.1) is 11.3 Å². The van der Waals surface area contributed by atoms with Crippen LogP contribution in [-0.4, -0.2) is 100 Å². The number of carbonyl (C=O) groups is 1. The quantitative estimate of drug-likeness (QED) is 0.425. The molecule has 6 heterocycles. The Balaban J connectivity index is 1.23. The van der Waals surface area contributed by atoms with Crippen molar-refractivity contribution in [2.24, 2.45) is 5.92 Å². The molecular weight excluding hydrogens is 616 g/mol. The number of aromatic nitrogens is 4. The molecule has 0 bridgehead atoms. The van der Waals surface area contributed by atoms with E-state index in [9.17, 15) is 10.1 Å². The number of hydrogen-bond donors (Lipinski definition) is 1. The van der Waals surface area contributed by atoms with E-state index in [1.54, 1.807) is 0 Å². The fourth-order valence-corrected chi connectivity index (χ4v) is 8.91. The number of nitriles is 1. The maximum absolute atomic E-state index is 12.9. The predicted octanol–water partition coefficient (Wildman–Crippen LogP) is 4.27. The maximum Gasteiger partial charge on any atom is 0.410 e. The summed E-state index contributed by atoms with van der Waals surface area (Å²) >= 11 is 1.49. The van der Waals surface area contributed by atoms with Crippen molar-refractivity contribution in [1.29, 1.82) is 5.26 Å². The molecule has 1 aliphatic carbocycles. The molecule has 3 aromatic rings. The highest BCUT2D eigenvalue weighted by Crippen LogP contribution is 2.48. The van der Waals surface area contributed by atoms with Crippen LogP contribution in [0.1, 0.15) is 75.8 Å². The molecule has 0 unspecified atom stereocenters. The van der Waals surface area contributed by atoms with E-state index in [-0.39, 0.29) is 18.2 Å². The van der Waals surface area contributed by atoms with Gasteiger partial charge >= 0.3 is 6.09 Å². The Labute approximate surface area is 279 Å². The lowest BCUT2D eigenvalue weighted by molar-refractivity contribution is 0.0290. The molecule has 3 aliphatic heterocycles. The summed E-state index contributed by atoms with van der Waals surface area (Å²) in [7, 11) is 2.15. The van der Waals surface area contributed by atoms with Crippen molar-refractivity contribution in [3.05, 3.63) is 28.0 Å². The number of nitrogen functional groups attached to an aromatic ring is 1. The zero-order chi connectivity index (χ0) is 33.2. The van der Waals surface area contributed by atoms with E-state index in [4.69, 9.17) is 29.9 Å². The Morgan fingerprint density at radius 1 is 1.15 bits per heavy atom. The number of nitrogens with zero attached hydrogens (tertiary/aromatic N) is 9. The van der Waals surface area contributed by atoms with E-state index in [0.29, 0.717) is 52.9 Å². The highest BCUT2D eigenvalue weighted by atomic mass is 32.1. The van der Waals surface area contributed by atoms with Gasteiger partial charge in [0.15, 0.2) is 0 Å². The first-order valence-corrected chi connectivity index (χ1v) is 17.4. The minimum atomic E-state index is -0.625. The van der Waals surface area contributed by atoms with Crippen molar-refractivity contribution >= 4 is 34.2 Å². The minimum absolute atomic E-state index is 0.139. The van der Waals surface area contributed by atoms with Crippen molar-refractivity contribution in [3.63, 3.8) is 0 Å². The largest absolute Gasteiger partial charge is 0.444 e. The lowest BCUT2D eigenvalue weighted by atomic mass is 9.72. The number of likely N-dealkylation sites (tertiary alicyclic amines) is 1. The van der Waals surface area contributed by atoms with Crippen LogP contribution in [0.2, 0.25) is 0 Å². The van der Waals surface area contributed by atoms with Gasteiger partial charge in [0.05, 0.1) is 17.0 Å². The van der Waals surface area contributed by atoms with E-state index in [2.05, 4.69) is 46.8 Å². The summed E-state index contributed by atoms with van der Waals surface area (Å²) in [5, 5.41) is 15.0. The Bertz CT molecular complexity index is 1730. The first-order chi connectivity index (χ1) is 22.3. The second-order valence-electron chi connectivity index (χ2n) is 14.8. The average molecular weight is 661 g/mol. The van der Waals surface area contributed by atoms with Crippen LogP contribution in [0, 0.1) is 17.2 Å². The van der Waals surface area contributed by atoms with Crippen molar-refractivity contribution in [2.75, 3.05) is 61.8 Å².